The number of hydrogen-bond donors (Lipinski definition) is 1. The van der Waals surface area contributed by atoms with Gasteiger partial charge in [-0.2, -0.15) is 0 Å². The summed E-state index contributed by atoms with van der Waals surface area (Å²) in [4.78, 5) is 12.1. The molecule has 7 heteroatoms. The van der Waals surface area contributed by atoms with Crippen molar-refractivity contribution in [2.45, 2.75) is 43.1 Å². The maximum Gasteiger partial charge on any atom is 0.307 e. The zero-order chi connectivity index (χ0) is 17.7. The highest BCUT2D eigenvalue weighted by atomic mass is 79.9. The molecule has 2 aliphatic heterocycles. The highest BCUT2D eigenvalue weighted by Gasteiger charge is 2.55. The van der Waals surface area contributed by atoms with Crippen molar-refractivity contribution >= 4 is 21.9 Å². The Kier molecular flexibility index (Phi) is 4.30. The number of halogens is 1. The number of carbonyl (C=O) groups is 1. The first kappa shape index (κ1) is 17.3. The summed E-state index contributed by atoms with van der Waals surface area (Å²) in [6.45, 7) is 1.22. The second-order valence-corrected chi connectivity index (χ2v) is 7.96. The van der Waals surface area contributed by atoms with Crippen molar-refractivity contribution < 1.29 is 23.7 Å². The summed E-state index contributed by atoms with van der Waals surface area (Å²) in [6.07, 6.45) is 2.10. The van der Waals surface area contributed by atoms with Crippen LogP contribution in [0.5, 0.6) is 5.75 Å². The fourth-order valence-electron chi connectivity index (χ4n) is 4.45. The molecule has 1 aliphatic carbocycles. The van der Waals surface area contributed by atoms with E-state index in [0.717, 1.165) is 22.9 Å². The molecule has 25 heavy (non-hydrogen) atoms. The fourth-order valence-corrected chi connectivity index (χ4v) is 4.81. The molecule has 0 amide bonds. The minimum Gasteiger partial charge on any atom is -0.489 e. The van der Waals surface area contributed by atoms with E-state index in [0.29, 0.717) is 25.4 Å². The Labute approximate surface area is 155 Å². The lowest BCUT2D eigenvalue weighted by atomic mass is 9.65. The van der Waals surface area contributed by atoms with E-state index in [1.54, 1.807) is 0 Å². The van der Waals surface area contributed by atoms with Crippen molar-refractivity contribution in [3.05, 3.63) is 28.2 Å². The van der Waals surface area contributed by atoms with Gasteiger partial charge in [0.2, 0.25) is 0 Å². The summed E-state index contributed by atoms with van der Waals surface area (Å²) in [5.74, 6) is -0.180. The minimum atomic E-state index is -0.838. The Bertz CT molecular complexity index is 690. The topological polar surface area (TPSA) is 80.0 Å². The number of nitrogens with two attached hydrogens (primary N) is 1. The van der Waals surface area contributed by atoms with Gasteiger partial charge in [0.05, 0.1) is 32.3 Å². The molecule has 6 nitrogen and oxygen atoms in total. The molecule has 2 N–H and O–H groups in total. The van der Waals surface area contributed by atoms with E-state index in [2.05, 4.69) is 15.9 Å². The monoisotopic (exact) mass is 411 g/mol. The third-order valence-corrected chi connectivity index (χ3v) is 6.15. The number of rotatable bonds is 2. The van der Waals surface area contributed by atoms with Crippen molar-refractivity contribution in [1.29, 1.82) is 0 Å². The van der Waals surface area contributed by atoms with E-state index >= 15 is 0 Å². The number of hydrogen-bond acceptors (Lipinski definition) is 6. The highest BCUT2D eigenvalue weighted by molar-refractivity contribution is 9.10. The van der Waals surface area contributed by atoms with Gasteiger partial charge in [-0.25, -0.2) is 0 Å². The van der Waals surface area contributed by atoms with Gasteiger partial charge in [0.1, 0.15) is 11.9 Å². The Hall–Kier alpha value is -1.15. The van der Waals surface area contributed by atoms with Gasteiger partial charge in [-0.3, -0.25) is 4.79 Å². The van der Waals surface area contributed by atoms with E-state index < -0.39 is 11.3 Å². The van der Waals surface area contributed by atoms with Crippen LogP contribution in [0.1, 0.15) is 31.2 Å². The first-order valence-electron chi connectivity index (χ1n) is 8.56. The van der Waals surface area contributed by atoms with Crippen molar-refractivity contribution in [2.75, 3.05) is 20.3 Å². The van der Waals surface area contributed by atoms with Crippen LogP contribution in [0.2, 0.25) is 0 Å². The molecule has 1 aromatic rings. The Balaban J connectivity index is 1.73. The summed E-state index contributed by atoms with van der Waals surface area (Å²) < 4.78 is 23.8. The zero-order valence-corrected chi connectivity index (χ0v) is 15.7. The van der Waals surface area contributed by atoms with Crippen LogP contribution in [0.4, 0.5) is 0 Å². The predicted molar refractivity (Wildman–Crippen MR) is 93.0 cm³/mol. The van der Waals surface area contributed by atoms with Gasteiger partial charge in [-0.15, -0.1) is 0 Å². The maximum absolute atomic E-state index is 12.1. The summed E-state index contributed by atoms with van der Waals surface area (Å²) in [7, 11) is 1.39. The average molecular weight is 412 g/mol. The van der Waals surface area contributed by atoms with E-state index in [9.17, 15) is 4.79 Å². The Morgan fingerprint density at radius 3 is 2.88 bits per heavy atom. The van der Waals surface area contributed by atoms with Crippen LogP contribution in [0.15, 0.2) is 22.7 Å². The number of carbonyl (C=O) groups excluding carboxylic acids is 1. The third kappa shape index (κ3) is 2.87. The van der Waals surface area contributed by atoms with E-state index in [1.165, 1.54) is 7.11 Å². The number of fused-ring (bicyclic) bond motifs is 2. The number of methoxy groups -OCH3 is 1. The van der Waals surface area contributed by atoms with Crippen molar-refractivity contribution in [3.8, 4) is 5.75 Å². The van der Waals surface area contributed by atoms with Crippen LogP contribution >= 0.6 is 15.9 Å². The lowest BCUT2D eigenvalue weighted by molar-refractivity contribution is -0.210. The van der Waals surface area contributed by atoms with E-state index in [1.807, 2.05) is 18.2 Å². The molecular weight excluding hydrogens is 390 g/mol. The van der Waals surface area contributed by atoms with Crippen LogP contribution in [0.25, 0.3) is 0 Å². The molecule has 0 radical (unpaired) electrons. The molecule has 1 saturated carbocycles. The molecule has 0 aromatic heterocycles. The van der Waals surface area contributed by atoms with E-state index in [-0.39, 0.29) is 24.4 Å². The maximum atomic E-state index is 12.1. The summed E-state index contributed by atoms with van der Waals surface area (Å²) in [5, 5.41) is 0. The second kappa shape index (κ2) is 6.23. The molecule has 4 rings (SSSR count). The van der Waals surface area contributed by atoms with Crippen molar-refractivity contribution in [1.82, 2.24) is 0 Å². The molecule has 3 aliphatic rings. The largest absolute Gasteiger partial charge is 0.489 e. The van der Waals surface area contributed by atoms with Gasteiger partial charge in [0.25, 0.3) is 0 Å². The molecule has 1 spiro atoms. The van der Waals surface area contributed by atoms with Crippen LogP contribution in [0.3, 0.4) is 0 Å². The SMILES string of the molecule is COC(=O)CC1(N)c2cc(Br)ccc2OC2CC3(CCC21)OCCO3. The number of esters is 1. The fraction of sp³-hybridized carbons (Fsp3) is 0.611. The van der Waals surface area contributed by atoms with Crippen LogP contribution in [-0.4, -0.2) is 38.2 Å². The van der Waals surface area contributed by atoms with Crippen LogP contribution in [0, 0.1) is 5.92 Å². The van der Waals surface area contributed by atoms with Gasteiger partial charge >= 0.3 is 5.97 Å². The summed E-state index contributed by atoms with van der Waals surface area (Å²) in [5.41, 5.74) is 6.88. The molecule has 3 atom stereocenters. The van der Waals surface area contributed by atoms with Gasteiger partial charge in [0, 0.05) is 28.8 Å². The van der Waals surface area contributed by atoms with Gasteiger partial charge in [0.15, 0.2) is 5.79 Å². The smallest absolute Gasteiger partial charge is 0.307 e. The highest BCUT2D eigenvalue weighted by Crippen LogP contribution is 2.52. The summed E-state index contributed by atoms with van der Waals surface area (Å²) >= 11 is 3.49. The van der Waals surface area contributed by atoms with Crippen molar-refractivity contribution in [3.63, 3.8) is 0 Å². The zero-order valence-electron chi connectivity index (χ0n) is 14.1. The van der Waals surface area contributed by atoms with Gasteiger partial charge in [-0.05, 0) is 24.6 Å². The molecule has 1 aromatic carbocycles. The molecule has 136 valence electrons. The first-order valence-corrected chi connectivity index (χ1v) is 9.35. The first-order chi connectivity index (χ1) is 12.0. The number of ether oxygens (including phenoxy) is 4. The normalized spacial score (nSPS) is 32.6. The van der Waals surface area contributed by atoms with Crippen LogP contribution < -0.4 is 10.5 Å². The molecule has 1 saturated heterocycles. The quantitative estimate of drug-likeness (QED) is 0.752. The van der Waals surface area contributed by atoms with Gasteiger partial charge in [-0.1, -0.05) is 15.9 Å². The predicted octanol–water partition coefficient (Wildman–Crippen LogP) is 2.47. The van der Waals surface area contributed by atoms with E-state index in [4.69, 9.17) is 24.7 Å². The number of benzene rings is 1. The lowest BCUT2D eigenvalue weighted by Gasteiger charge is -2.51. The van der Waals surface area contributed by atoms with Gasteiger partial charge < -0.3 is 24.7 Å². The molecular formula is C18H22BrNO5. The standard InChI is InChI=1S/C18H22BrNO5/c1-22-16(21)10-18(20)12-4-5-17(23-6-7-24-17)9-15(12)25-14-3-2-11(19)8-13(14)18/h2-3,8,12,15H,4-7,9-10,20H2,1H3. The minimum absolute atomic E-state index is 0.00757. The Morgan fingerprint density at radius 2 is 2.16 bits per heavy atom. The van der Waals surface area contributed by atoms with Crippen molar-refractivity contribution in [2.24, 2.45) is 11.7 Å². The molecule has 0 bridgehead atoms. The second-order valence-electron chi connectivity index (χ2n) is 7.05. The van der Waals surface area contributed by atoms with Crippen LogP contribution in [-0.2, 0) is 24.5 Å². The Morgan fingerprint density at radius 1 is 1.40 bits per heavy atom. The summed E-state index contributed by atoms with van der Waals surface area (Å²) in [6, 6.07) is 5.76. The average Bonchev–Trinajstić information content (AvgIpc) is 3.03. The molecule has 3 unspecified atom stereocenters. The molecule has 2 fully saturated rings. The molecule has 2 heterocycles. The third-order valence-electron chi connectivity index (χ3n) is 5.66. The lowest BCUT2D eigenvalue weighted by Crippen LogP contribution is -2.59.